The average molecular weight is 493 g/mol. The number of para-hydroxylation sites is 2. The number of rotatable bonds is 5. The summed E-state index contributed by atoms with van der Waals surface area (Å²) in [5.74, 6) is -0.608. The third-order valence-corrected chi connectivity index (χ3v) is 7.37. The summed E-state index contributed by atoms with van der Waals surface area (Å²) in [6.07, 6.45) is 1.20. The van der Waals surface area contributed by atoms with Crippen LogP contribution in [0.2, 0.25) is 0 Å². The maximum absolute atomic E-state index is 14.1. The monoisotopic (exact) mass is 492 g/mol. The normalized spacial score (nSPS) is 18.8. The molecule has 4 aromatic rings. The minimum absolute atomic E-state index is 0.297. The van der Waals surface area contributed by atoms with Crippen molar-refractivity contribution in [2.75, 3.05) is 11.4 Å². The summed E-state index contributed by atoms with van der Waals surface area (Å²) in [4.78, 5) is 47.4. The van der Waals surface area contributed by atoms with Gasteiger partial charge in [-0.15, -0.1) is 0 Å². The summed E-state index contributed by atoms with van der Waals surface area (Å²) < 4.78 is 0. The van der Waals surface area contributed by atoms with Crippen LogP contribution in [0.25, 0.3) is 10.9 Å². The predicted molar refractivity (Wildman–Crippen MR) is 143 cm³/mol. The number of urea groups is 1. The number of anilines is 1. The Morgan fingerprint density at radius 1 is 1.00 bits per heavy atom. The lowest BCUT2D eigenvalue weighted by Gasteiger charge is -2.36. The van der Waals surface area contributed by atoms with Crippen LogP contribution in [-0.2, 0) is 11.2 Å². The first kappa shape index (κ1) is 23.0. The minimum atomic E-state index is -0.669. The number of aromatic amines is 1. The summed E-state index contributed by atoms with van der Waals surface area (Å²) in [7, 11) is 0. The third-order valence-electron chi connectivity index (χ3n) is 7.37. The molecule has 3 heterocycles. The van der Waals surface area contributed by atoms with Crippen LogP contribution in [-0.4, -0.2) is 40.3 Å². The highest BCUT2D eigenvalue weighted by atomic mass is 16.2. The summed E-state index contributed by atoms with van der Waals surface area (Å²) in [6, 6.07) is 21.4. The number of benzene rings is 3. The number of nitrogens with one attached hydrogen (secondary N) is 2. The van der Waals surface area contributed by atoms with E-state index in [1.165, 1.54) is 4.90 Å². The lowest BCUT2D eigenvalue weighted by molar-refractivity contribution is -0.120. The number of fused-ring (bicyclic) bond motifs is 4. The minimum Gasteiger partial charge on any atom is -0.356 e. The average Bonchev–Trinajstić information content (AvgIpc) is 3.41. The number of carbonyl (C=O) groups is 3. The second-order valence-corrected chi connectivity index (χ2v) is 9.73. The molecule has 2 aliphatic rings. The molecule has 7 nitrogen and oxygen atoms in total. The highest BCUT2D eigenvalue weighted by molar-refractivity contribution is 6.24. The van der Waals surface area contributed by atoms with Gasteiger partial charge >= 0.3 is 6.03 Å². The fourth-order valence-corrected chi connectivity index (χ4v) is 5.59. The molecule has 1 saturated heterocycles. The SMILES string of the molecule is CCCNC(=O)c1ccccc1N1C(=O)[C@@H]2Cc3c([nH]c4ccccc34)C(c3ccc(C)cc3)N2C1=O. The zero-order chi connectivity index (χ0) is 25.7. The Balaban J connectivity index is 1.49. The molecule has 1 fully saturated rings. The molecule has 6 rings (SSSR count). The predicted octanol–water partition coefficient (Wildman–Crippen LogP) is 5.10. The van der Waals surface area contributed by atoms with Crippen LogP contribution < -0.4 is 10.2 Å². The van der Waals surface area contributed by atoms with Gasteiger partial charge in [0.05, 0.1) is 11.3 Å². The van der Waals surface area contributed by atoms with Gasteiger partial charge in [0.15, 0.2) is 0 Å². The lowest BCUT2D eigenvalue weighted by atomic mass is 9.88. The van der Waals surface area contributed by atoms with Crippen molar-refractivity contribution < 1.29 is 14.4 Å². The van der Waals surface area contributed by atoms with E-state index < -0.39 is 18.1 Å². The van der Waals surface area contributed by atoms with Gasteiger partial charge < -0.3 is 10.3 Å². The molecule has 186 valence electrons. The van der Waals surface area contributed by atoms with Crippen molar-refractivity contribution in [3.63, 3.8) is 0 Å². The van der Waals surface area contributed by atoms with Gasteiger partial charge in [-0.2, -0.15) is 0 Å². The molecule has 0 aliphatic carbocycles. The maximum atomic E-state index is 14.1. The molecule has 2 aliphatic heterocycles. The fraction of sp³-hybridized carbons (Fsp3) is 0.233. The molecule has 4 amide bonds. The van der Waals surface area contributed by atoms with Crippen LogP contribution in [0.3, 0.4) is 0 Å². The number of aryl methyl sites for hydroxylation is 1. The van der Waals surface area contributed by atoms with Gasteiger partial charge in [0, 0.05) is 29.6 Å². The van der Waals surface area contributed by atoms with Crippen LogP contribution >= 0.6 is 0 Å². The number of carbonyl (C=O) groups excluding carboxylic acids is 3. The van der Waals surface area contributed by atoms with Crippen molar-refractivity contribution >= 4 is 34.4 Å². The van der Waals surface area contributed by atoms with Crippen LogP contribution in [0.1, 0.15) is 52.1 Å². The summed E-state index contributed by atoms with van der Waals surface area (Å²) in [5.41, 5.74) is 5.65. The lowest BCUT2D eigenvalue weighted by Crippen LogP contribution is -2.44. The van der Waals surface area contributed by atoms with Crippen LogP contribution in [0, 0.1) is 6.92 Å². The maximum Gasteiger partial charge on any atom is 0.332 e. The van der Waals surface area contributed by atoms with Gasteiger partial charge in [0.2, 0.25) is 0 Å². The van der Waals surface area contributed by atoms with E-state index in [1.54, 1.807) is 29.2 Å². The Labute approximate surface area is 215 Å². The molecule has 1 aromatic heterocycles. The second-order valence-electron chi connectivity index (χ2n) is 9.73. The standard InChI is InChI=1S/C30H28N4O3/c1-3-16-31-28(35)21-9-5-7-11-24(21)34-29(36)25-17-22-20-8-4-6-10-23(20)32-26(22)27(33(25)30(34)37)19-14-12-18(2)13-15-19/h4-15,25,27,32H,3,16-17H2,1-2H3,(H,31,35)/t25-,27?/m0/s1. The zero-order valence-electron chi connectivity index (χ0n) is 20.8. The molecular weight excluding hydrogens is 464 g/mol. The highest BCUT2D eigenvalue weighted by Gasteiger charge is 2.53. The Morgan fingerprint density at radius 3 is 2.51 bits per heavy atom. The summed E-state index contributed by atoms with van der Waals surface area (Å²) in [6.45, 7) is 4.51. The first-order valence-corrected chi connectivity index (χ1v) is 12.7. The van der Waals surface area contributed by atoms with E-state index in [2.05, 4.69) is 16.4 Å². The van der Waals surface area contributed by atoms with Crippen molar-refractivity contribution in [1.29, 1.82) is 0 Å². The quantitative estimate of drug-likeness (QED) is 0.380. The smallest absolute Gasteiger partial charge is 0.332 e. The van der Waals surface area contributed by atoms with Gasteiger partial charge in [-0.3, -0.25) is 14.5 Å². The molecule has 37 heavy (non-hydrogen) atoms. The zero-order valence-corrected chi connectivity index (χ0v) is 20.8. The van der Waals surface area contributed by atoms with Crippen LogP contribution in [0.15, 0.2) is 72.8 Å². The third kappa shape index (κ3) is 3.61. The van der Waals surface area contributed by atoms with Crippen molar-refractivity contribution in [2.24, 2.45) is 0 Å². The largest absolute Gasteiger partial charge is 0.356 e. The van der Waals surface area contributed by atoms with Gasteiger partial charge in [-0.05, 0) is 42.7 Å². The molecule has 2 N–H and O–H groups in total. The van der Waals surface area contributed by atoms with E-state index in [0.717, 1.165) is 39.7 Å². The Morgan fingerprint density at radius 2 is 1.73 bits per heavy atom. The number of H-pyrrole nitrogens is 1. The van der Waals surface area contributed by atoms with Crippen molar-refractivity contribution in [1.82, 2.24) is 15.2 Å². The van der Waals surface area contributed by atoms with E-state index in [9.17, 15) is 14.4 Å². The van der Waals surface area contributed by atoms with Crippen LogP contribution in [0.4, 0.5) is 10.5 Å². The van der Waals surface area contributed by atoms with E-state index >= 15 is 0 Å². The molecule has 3 aromatic carbocycles. The molecule has 7 heteroatoms. The van der Waals surface area contributed by atoms with Gasteiger partial charge in [0.1, 0.15) is 12.1 Å². The summed E-state index contributed by atoms with van der Waals surface area (Å²) >= 11 is 0. The van der Waals surface area contributed by atoms with E-state index in [0.29, 0.717) is 24.2 Å². The Kier molecular flexibility index (Phi) is 5.56. The molecule has 2 atom stereocenters. The van der Waals surface area contributed by atoms with Crippen molar-refractivity contribution in [2.45, 2.75) is 38.8 Å². The van der Waals surface area contributed by atoms with Crippen LogP contribution in [0.5, 0.6) is 0 Å². The Hall–Kier alpha value is -4.39. The van der Waals surface area contributed by atoms with Crippen molar-refractivity contribution in [3.8, 4) is 0 Å². The van der Waals surface area contributed by atoms with Gasteiger partial charge in [-0.25, -0.2) is 9.69 Å². The number of aromatic nitrogens is 1. The molecular formula is C30H28N4O3. The second kappa shape index (κ2) is 8.92. The van der Waals surface area contributed by atoms with Gasteiger partial charge in [0.25, 0.3) is 11.8 Å². The summed E-state index contributed by atoms with van der Waals surface area (Å²) in [5, 5.41) is 3.93. The number of hydrogen-bond acceptors (Lipinski definition) is 3. The molecule has 1 unspecified atom stereocenters. The molecule has 0 bridgehead atoms. The number of hydrogen-bond donors (Lipinski definition) is 2. The number of amides is 4. The van der Waals surface area contributed by atoms with E-state index in [4.69, 9.17) is 0 Å². The molecule has 0 radical (unpaired) electrons. The molecule has 0 spiro atoms. The topological polar surface area (TPSA) is 85.5 Å². The fourth-order valence-electron chi connectivity index (χ4n) is 5.59. The molecule has 0 saturated carbocycles. The van der Waals surface area contributed by atoms with E-state index in [-0.39, 0.29) is 11.8 Å². The van der Waals surface area contributed by atoms with Gasteiger partial charge in [-0.1, -0.05) is 67.1 Å². The van der Waals surface area contributed by atoms with Crippen molar-refractivity contribution in [3.05, 3.63) is 101 Å². The Bertz CT molecular complexity index is 1540. The number of nitrogens with zero attached hydrogens (tertiary/aromatic N) is 2. The van der Waals surface area contributed by atoms with E-state index in [1.807, 2.05) is 56.3 Å². The first-order valence-electron chi connectivity index (χ1n) is 12.7. The highest BCUT2D eigenvalue weighted by Crippen LogP contribution is 2.45. The number of imide groups is 1. The first-order chi connectivity index (χ1) is 18.0.